The van der Waals surface area contributed by atoms with Crippen LogP contribution in [-0.4, -0.2) is 15.5 Å². The average molecular weight is 314 g/mol. The van der Waals surface area contributed by atoms with Gasteiger partial charge in [0.2, 0.25) is 10.0 Å². The van der Waals surface area contributed by atoms with Crippen molar-refractivity contribution in [3.63, 3.8) is 0 Å². The van der Waals surface area contributed by atoms with E-state index >= 15 is 0 Å². The molecule has 0 bridgehead atoms. The summed E-state index contributed by atoms with van der Waals surface area (Å²) in [5, 5.41) is 0. The van der Waals surface area contributed by atoms with Crippen LogP contribution in [0.25, 0.3) is 0 Å². The van der Waals surface area contributed by atoms with Crippen LogP contribution in [0.5, 0.6) is 11.5 Å². The fraction of sp³-hybridized carbons (Fsp3) is 0.0769. The van der Waals surface area contributed by atoms with E-state index < -0.39 is 21.7 Å². The first-order valence-corrected chi connectivity index (χ1v) is 7.28. The number of nitrogen functional groups attached to an aromatic ring is 1. The Bertz CT molecular complexity index is 779. The Hall–Kier alpha value is -2.19. The number of nitrogens with one attached hydrogen (secondary N) is 1. The van der Waals surface area contributed by atoms with E-state index in [1.807, 2.05) is 0 Å². The van der Waals surface area contributed by atoms with Crippen LogP contribution in [-0.2, 0) is 10.0 Å². The van der Waals surface area contributed by atoms with Crippen molar-refractivity contribution >= 4 is 15.7 Å². The molecule has 5 nitrogen and oxygen atoms in total. The van der Waals surface area contributed by atoms with Crippen LogP contribution in [0.2, 0.25) is 0 Å². The lowest BCUT2D eigenvalue weighted by Gasteiger charge is -2.10. The molecule has 0 aliphatic carbocycles. The van der Waals surface area contributed by atoms with Gasteiger partial charge in [0.15, 0.2) is 11.6 Å². The van der Waals surface area contributed by atoms with Gasteiger partial charge in [0.1, 0.15) is 11.5 Å². The summed E-state index contributed by atoms with van der Waals surface area (Å²) in [5.74, 6) is -1.87. The SMILES string of the molecule is CNS(=O)(=O)c1ccc(Oc2ccc(F)c(F)c2)c(N)c1. The van der Waals surface area contributed by atoms with Crippen molar-refractivity contribution < 1.29 is 21.9 Å². The smallest absolute Gasteiger partial charge is 0.240 e. The summed E-state index contributed by atoms with van der Waals surface area (Å²) in [5.41, 5.74) is 5.76. The maximum Gasteiger partial charge on any atom is 0.240 e. The lowest BCUT2D eigenvalue weighted by molar-refractivity contribution is 0.463. The van der Waals surface area contributed by atoms with E-state index in [1.165, 1.54) is 31.3 Å². The van der Waals surface area contributed by atoms with E-state index in [-0.39, 0.29) is 22.1 Å². The van der Waals surface area contributed by atoms with E-state index in [0.717, 1.165) is 12.1 Å². The van der Waals surface area contributed by atoms with Gasteiger partial charge in [-0.1, -0.05) is 0 Å². The second-order valence-electron chi connectivity index (χ2n) is 4.09. The van der Waals surface area contributed by atoms with Crippen molar-refractivity contribution in [2.24, 2.45) is 0 Å². The number of nitrogens with two attached hydrogens (primary N) is 1. The van der Waals surface area contributed by atoms with Gasteiger partial charge in [0.05, 0.1) is 10.6 Å². The van der Waals surface area contributed by atoms with Crippen molar-refractivity contribution in [1.29, 1.82) is 0 Å². The summed E-state index contributed by atoms with van der Waals surface area (Å²) in [4.78, 5) is -0.0277. The highest BCUT2D eigenvalue weighted by Crippen LogP contribution is 2.30. The Morgan fingerprint density at radius 3 is 2.38 bits per heavy atom. The summed E-state index contributed by atoms with van der Waals surface area (Å²) in [6, 6.07) is 6.85. The minimum absolute atomic E-state index is 0.0277. The van der Waals surface area contributed by atoms with Gasteiger partial charge in [0.25, 0.3) is 0 Å². The highest BCUT2D eigenvalue weighted by Gasteiger charge is 2.14. The summed E-state index contributed by atoms with van der Waals surface area (Å²) >= 11 is 0. The van der Waals surface area contributed by atoms with E-state index in [2.05, 4.69) is 4.72 Å². The molecule has 0 saturated heterocycles. The average Bonchev–Trinajstić information content (AvgIpc) is 2.45. The molecule has 2 aromatic carbocycles. The predicted octanol–water partition coefficient (Wildman–Crippen LogP) is 2.25. The Kier molecular flexibility index (Phi) is 4.10. The number of rotatable bonds is 4. The Morgan fingerprint density at radius 1 is 1.10 bits per heavy atom. The largest absolute Gasteiger partial charge is 0.455 e. The zero-order chi connectivity index (χ0) is 15.6. The molecule has 2 rings (SSSR count). The van der Waals surface area contributed by atoms with Gasteiger partial charge in [-0.25, -0.2) is 21.9 Å². The summed E-state index contributed by atoms with van der Waals surface area (Å²) in [6.07, 6.45) is 0. The number of sulfonamides is 1. The third-order valence-electron chi connectivity index (χ3n) is 2.68. The van der Waals surface area contributed by atoms with E-state index in [9.17, 15) is 17.2 Å². The maximum absolute atomic E-state index is 13.1. The molecular formula is C13H12F2N2O3S. The lowest BCUT2D eigenvalue weighted by Crippen LogP contribution is -2.18. The third kappa shape index (κ3) is 3.29. The van der Waals surface area contributed by atoms with Crippen molar-refractivity contribution in [2.45, 2.75) is 4.90 Å². The molecule has 2 aromatic rings. The van der Waals surface area contributed by atoms with Crippen LogP contribution in [0.15, 0.2) is 41.3 Å². The minimum atomic E-state index is -3.62. The second kappa shape index (κ2) is 5.66. The Balaban J connectivity index is 2.31. The van der Waals surface area contributed by atoms with Crippen LogP contribution in [0.1, 0.15) is 0 Å². The van der Waals surface area contributed by atoms with Crippen LogP contribution < -0.4 is 15.2 Å². The molecule has 0 atom stereocenters. The number of hydrogen-bond donors (Lipinski definition) is 2. The van der Waals surface area contributed by atoms with Gasteiger partial charge in [-0.05, 0) is 37.4 Å². The Labute approximate surface area is 120 Å². The predicted molar refractivity (Wildman–Crippen MR) is 73.5 cm³/mol. The van der Waals surface area contributed by atoms with Gasteiger partial charge in [-0.15, -0.1) is 0 Å². The molecule has 0 radical (unpaired) electrons. The fourth-order valence-corrected chi connectivity index (χ4v) is 2.34. The standard InChI is InChI=1S/C13H12F2N2O3S/c1-17-21(18,19)9-3-5-13(12(16)7-9)20-8-2-4-10(14)11(15)6-8/h2-7,17H,16H2,1H3. The summed E-state index contributed by atoms with van der Waals surface area (Å²) in [7, 11) is -2.34. The molecule has 0 spiro atoms. The van der Waals surface area contributed by atoms with Gasteiger partial charge in [0, 0.05) is 6.07 Å². The zero-order valence-electron chi connectivity index (χ0n) is 10.9. The molecule has 0 aliphatic rings. The maximum atomic E-state index is 13.1. The first kappa shape index (κ1) is 15.2. The normalized spacial score (nSPS) is 11.4. The number of hydrogen-bond acceptors (Lipinski definition) is 4. The molecule has 0 heterocycles. The molecule has 8 heteroatoms. The van der Waals surface area contributed by atoms with Gasteiger partial charge in [-0.2, -0.15) is 0 Å². The van der Waals surface area contributed by atoms with Crippen LogP contribution in [0, 0.1) is 11.6 Å². The van der Waals surface area contributed by atoms with Gasteiger partial charge in [-0.3, -0.25) is 0 Å². The first-order chi connectivity index (χ1) is 9.83. The molecule has 0 amide bonds. The van der Waals surface area contributed by atoms with Crippen molar-refractivity contribution in [3.05, 3.63) is 48.0 Å². The first-order valence-electron chi connectivity index (χ1n) is 5.79. The number of halogens is 2. The minimum Gasteiger partial charge on any atom is -0.455 e. The van der Waals surface area contributed by atoms with E-state index in [0.29, 0.717) is 0 Å². The summed E-state index contributed by atoms with van der Waals surface area (Å²) in [6.45, 7) is 0. The second-order valence-corrected chi connectivity index (χ2v) is 5.97. The number of benzene rings is 2. The van der Waals surface area contributed by atoms with Gasteiger partial charge < -0.3 is 10.5 Å². The topological polar surface area (TPSA) is 81.4 Å². The monoisotopic (exact) mass is 314 g/mol. The van der Waals surface area contributed by atoms with Crippen LogP contribution in [0.4, 0.5) is 14.5 Å². The van der Waals surface area contributed by atoms with E-state index in [4.69, 9.17) is 10.5 Å². The summed E-state index contributed by atoms with van der Waals surface area (Å²) < 4.78 is 56.5. The quantitative estimate of drug-likeness (QED) is 0.848. The van der Waals surface area contributed by atoms with Crippen molar-refractivity contribution in [2.75, 3.05) is 12.8 Å². The molecule has 0 saturated carbocycles. The Morgan fingerprint density at radius 2 is 1.81 bits per heavy atom. The van der Waals surface area contributed by atoms with Gasteiger partial charge >= 0.3 is 0 Å². The van der Waals surface area contributed by atoms with Crippen LogP contribution >= 0.6 is 0 Å². The molecular weight excluding hydrogens is 302 g/mol. The lowest BCUT2D eigenvalue weighted by atomic mass is 10.3. The molecule has 3 N–H and O–H groups in total. The zero-order valence-corrected chi connectivity index (χ0v) is 11.7. The number of anilines is 1. The molecule has 0 unspecified atom stereocenters. The highest BCUT2D eigenvalue weighted by molar-refractivity contribution is 7.89. The fourth-order valence-electron chi connectivity index (χ4n) is 1.57. The van der Waals surface area contributed by atoms with E-state index in [1.54, 1.807) is 0 Å². The van der Waals surface area contributed by atoms with Crippen molar-refractivity contribution in [3.8, 4) is 11.5 Å². The highest BCUT2D eigenvalue weighted by atomic mass is 32.2. The molecule has 112 valence electrons. The third-order valence-corrected chi connectivity index (χ3v) is 4.09. The molecule has 21 heavy (non-hydrogen) atoms. The molecule has 0 aromatic heterocycles. The molecule has 0 aliphatic heterocycles. The number of ether oxygens (including phenoxy) is 1. The van der Waals surface area contributed by atoms with Crippen molar-refractivity contribution in [1.82, 2.24) is 4.72 Å². The van der Waals surface area contributed by atoms with Crippen LogP contribution in [0.3, 0.4) is 0 Å². The molecule has 0 fully saturated rings.